The van der Waals surface area contributed by atoms with Crippen molar-refractivity contribution in [2.45, 2.75) is 59.3 Å². The van der Waals surface area contributed by atoms with Gasteiger partial charge in [-0.2, -0.15) is 7.14 Å². The highest BCUT2D eigenvalue weighted by molar-refractivity contribution is 9.26. The summed E-state index contributed by atoms with van der Waals surface area (Å²) in [6.07, 6.45) is 12.7. The Labute approximate surface area is 106 Å². The second kappa shape index (κ2) is 10.1. The van der Waals surface area contributed by atoms with Crippen molar-refractivity contribution in [3.63, 3.8) is 0 Å². The molecule has 0 aliphatic rings. The van der Waals surface area contributed by atoms with Crippen LogP contribution in [0.15, 0.2) is 0 Å². The molecule has 0 fully saturated rings. The summed E-state index contributed by atoms with van der Waals surface area (Å²) >= 11 is 3.69. The van der Waals surface area contributed by atoms with Crippen molar-refractivity contribution < 1.29 is 0 Å². The predicted octanol–water partition coefficient (Wildman–Crippen LogP) is 5.33. The molecule has 3 heteroatoms. The van der Waals surface area contributed by atoms with E-state index in [1.807, 2.05) is 0 Å². The van der Waals surface area contributed by atoms with Crippen molar-refractivity contribution in [1.29, 1.82) is 0 Å². The topological polar surface area (TPSA) is 0 Å². The Morgan fingerprint density at radius 3 is 1.33 bits per heavy atom. The number of unbranched alkanes of at least 4 members (excludes halogenated alkanes) is 3. The predicted molar refractivity (Wildman–Crippen MR) is 80.9 cm³/mol. The molecule has 0 heterocycles. The normalized spacial score (nSPS) is 12.0. The Morgan fingerprint density at radius 2 is 1.13 bits per heavy atom. The van der Waals surface area contributed by atoms with Crippen molar-refractivity contribution in [1.82, 2.24) is 0 Å². The Kier molecular flexibility index (Phi) is 10.8. The van der Waals surface area contributed by atoms with E-state index in [4.69, 9.17) is 0 Å². The highest BCUT2D eigenvalue weighted by Gasteiger charge is 2.22. The van der Waals surface area contributed by atoms with Crippen LogP contribution in [-0.2, 0) is 0 Å². The van der Waals surface area contributed by atoms with Crippen LogP contribution in [0.3, 0.4) is 0 Å². The zero-order valence-electron chi connectivity index (χ0n) is 10.8. The third kappa shape index (κ3) is 7.00. The van der Waals surface area contributed by atoms with Crippen LogP contribution in [0.4, 0.5) is 0 Å². The molecule has 0 aromatic rings. The van der Waals surface area contributed by atoms with Crippen molar-refractivity contribution >= 4 is 28.7 Å². The minimum atomic E-state index is -0.735. The minimum Gasteiger partial charge on any atom is -0.380 e. The fraction of sp³-hybridized carbons (Fsp3) is 1.00. The van der Waals surface area contributed by atoms with Crippen molar-refractivity contribution in [3.8, 4) is 0 Å². The number of halogens is 1. The molecule has 0 aliphatic carbocycles. The highest BCUT2D eigenvalue weighted by Crippen LogP contribution is 2.60. The van der Waals surface area contributed by atoms with Crippen molar-refractivity contribution in [2.75, 3.05) is 18.5 Å². The molecule has 0 spiro atoms. The van der Waals surface area contributed by atoms with Crippen LogP contribution in [0, 0.1) is 0 Å². The molecule has 0 aliphatic heterocycles. The molecule has 0 bridgehead atoms. The van der Waals surface area contributed by atoms with Gasteiger partial charge in [0.1, 0.15) is 0 Å². The molecule has 15 heavy (non-hydrogen) atoms. The van der Waals surface area contributed by atoms with Gasteiger partial charge in [-0.1, -0.05) is 40.0 Å². The molecule has 0 aromatic heterocycles. The molecule has 0 unspecified atom stereocenters. The molecular formula is C12H27BBrP. The first-order valence-electron chi connectivity index (χ1n) is 6.55. The average molecular weight is 293 g/mol. The number of rotatable bonds is 10. The van der Waals surface area contributed by atoms with Gasteiger partial charge in [-0.15, -0.1) is 0 Å². The summed E-state index contributed by atoms with van der Waals surface area (Å²) in [6, 6.07) is 0. The Bertz CT molecular complexity index is 120. The lowest BCUT2D eigenvalue weighted by Crippen LogP contribution is -2.11. The summed E-state index contributed by atoms with van der Waals surface area (Å²) in [4.78, 5) is 0. The molecule has 90 valence electrons. The fourth-order valence-electron chi connectivity index (χ4n) is 1.90. The SMILES string of the molecule is CCCC[P+]([B-]Br)(CCCC)CCCC. The van der Waals surface area contributed by atoms with E-state index in [0.717, 1.165) is 0 Å². The molecule has 0 atom stereocenters. The first-order chi connectivity index (χ1) is 7.24. The maximum absolute atomic E-state index is 3.69. The van der Waals surface area contributed by atoms with Gasteiger partial charge in [0, 0.05) is 24.3 Å². The number of hydrogen-bond donors (Lipinski definition) is 0. The van der Waals surface area contributed by atoms with Crippen LogP contribution in [0.25, 0.3) is 0 Å². The molecule has 0 nitrogen and oxygen atoms in total. The zero-order valence-corrected chi connectivity index (χ0v) is 13.2. The van der Waals surface area contributed by atoms with Gasteiger partial charge < -0.3 is 15.8 Å². The maximum atomic E-state index is 3.69. The van der Waals surface area contributed by atoms with Gasteiger partial charge in [-0.25, -0.2) is 0 Å². The molecule has 0 saturated carbocycles. The summed E-state index contributed by atoms with van der Waals surface area (Å²) in [5.41, 5.74) is 0. The van der Waals surface area contributed by atoms with Gasteiger partial charge in [0.2, 0.25) is 0 Å². The fourth-order valence-corrected chi connectivity index (χ4v) is 7.55. The lowest BCUT2D eigenvalue weighted by molar-refractivity contribution is 0.844. The van der Waals surface area contributed by atoms with E-state index in [1.165, 1.54) is 57.0 Å². The molecule has 0 aromatic carbocycles. The first-order valence-corrected chi connectivity index (χ1v) is 9.88. The summed E-state index contributed by atoms with van der Waals surface area (Å²) in [5, 5.41) is 0. The molecule has 0 saturated heterocycles. The van der Waals surface area contributed by atoms with E-state index in [2.05, 4.69) is 42.4 Å². The van der Waals surface area contributed by atoms with Crippen LogP contribution < -0.4 is 0 Å². The van der Waals surface area contributed by atoms with E-state index >= 15 is 0 Å². The van der Waals surface area contributed by atoms with Crippen LogP contribution in [0.1, 0.15) is 59.3 Å². The van der Waals surface area contributed by atoms with Gasteiger partial charge in [0.25, 0.3) is 0 Å². The maximum Gasteiger partial charge on any atom is 0.0155 e. The van der Waals surface area contributed by atoms with Crippen LogP contribution in [-0.4, -0.2) is 24.3 Å². The second-order valence-electron chi connectivity index (χ2n) is 4.55. The van der Waals surface area contributed by atoms with Gasteiger partial charge in [-0.3, -0.25) is 0 Å². The quantitative estimate of drug-likeness (QED) is 0.377. The smallest absolute Gasteiger partial charge is 0.0155 e. The Morgan fingerprint density at radius 1 is 0.800 bits per heavy atom. The van der Waals surface area contributed by atoms with Gasteiger partial charge in [0.15, 0.2) is 0 Å². The van der Waals surface area contributed by atoms with Gasteiger partial charge in [-0.05, 0) is 19.3 Å². The average Bonchev–Trinajstić information content (AvgIpc) is 2.29. The van der Waals surface area contributed by atoms with E-state index < -0.39 is 7.14 Å². The van der Waals surface area contributed by atoms with Crippen LogP contribution >= 0.6 is 22.9 Å². The van der Waals surface area contributed by atoms with E-state index in [0.29, 0.717) is 0 Å². The van der Waals surface area contributed by atoms with E-state index in [9.17, 15) is 0 Å². The molecule has 2 radical (unpaired) electrons. The van der Waals surface area contributed by atoms with Crippen molar-refractivity contribution in [3.05, 3.63) is 0 Å². The van der Waals surface area contributed by atoms with Gasteiger partial charge >= 0.3 is 0 Å². The molecule has 0 rings (SSSR count). The zero-order chi connectivity index (χ0) is 11.6. The van der Waals surface area contributed by atoms with Crippen LogP contribution in [0.2, 0.25) is 0 Å². The third-order valence-electron chi connectivity index (χ3n) is 3.08. The summed E-state index contributed by atoms with van der Waals surface area (Å²) < 4.78 is 0. The lowest BCUT2D eigenvalue weighted by Gasteiger charge is -2.37. The molecule has 0 amide bonds. The molecule has 0 N–H and O–H groups in total. The van der Waals surface area contributed by atoms with Crippen molar-refractivity contribution in [2.24, 2.45) is 0 Å². The minimum absolute atomic E-state index is 0.735. The summed E-state index contributed by atoms with van der Waals surface area (Å²) in [6.45, 7) is 6.92. The molecular weight excluding hydrogens is 266 g/mol. The standard InChI is InChI=1S/C12H27BBrP/c1-4-7-10-15(13-14,11-8-5-2)12-9-6-3/h4-12H2,1-3H3. The van der Waals surface area contributed by atoms with E-state index in [-0.39, 0.29) is 0 Å². The monoisotopic (exact) mass is 292 g/mol. The Hall–Kier alpha value is 0.975. The summed E-state index contributed by atoms with van der Waals surface area (Å²) in [5.74, 6) is 2.43. The lowest BCUT2D eigenvalue weighted by atomic mass is 10.4. The Balaban J connectivity index is 4.16. The van der Waals surface area contributed by atoms with Crippen LogP contribution in [0.5, 0.6) is 0 Å². The first kappa shape index (κ1) is 16.0. The highest BCUT2D eigenvalue weighted by atomic mass is 79.9. The number of hydrogen-bond acceptors (Lipinski definition) is 0. The largest absolute Gasteiger partial charge is 0.380 e. The third-order valence-corrected chi connectivity index (χ3v) is 9.72. The van der Waals surface area contributed by atoms with E-state index in [1.54, 1.807) is 0 Å². The summed E-state index contributed by atoms with van der Waals surface area (Å²) in [7, 11) is -0.735. The van der Waals surface area contributed by atoms with Gasteiger partial charge in [0.05, 0.1) is 0 Å². The second-order valence-corrected chi connectivity index (χ2v) is 9.75.